The summed E-state index contributed by atoms with van der Waals surface area (Å²) in [6.07, 6.45) is 3.33. The van der Waals surface area contributed by atoms with Crippen molar-refractivity contribution in [3.8, 4) is 6.07 Å². The SMILES string of the molecule is N#Cc1cc(CSc2ncccn2)ccc1F. The zero-order valence-electron chi connectivity index (χ0n) is 8.80. The Hall–Kier alpha value is -1.93. The van der Waals surface area contributed by atoms with Gasteiger partial charge in [0, 0.05) is 18.1 Å². The summed E-state index contributed by atoms with van der Waals surface area (Å²) in [5.41, 5.74) is 0.942. The van der Waals surface area contributed by atoms with Gasteiger partial charge in [0.15, 0.2) is 5.16 Å². The van der Waals surface area contributed by atoms with E-state index in [1.807, 2.05) is 6.07 Å². The van der Waals surface area contributed by atoms with Crippen LogP contribution in [0.3, 0.4) is 0 Å². The summed E-state index contributed by atoms with van der Waals surface area (Å²) in [5.74, 6) is 0.121. The van der Waals surface area contributed by atoms with E-state index >= 15 is 0 Å². The van der Waals surface area contributed by atoms with E-state index in [2.05, 4.69) is 9.97 Å². The minimum absolute atomic E-state index is 0.0667. The highest BCUT2D eigenvalue weighted by molar-refractivity contribution is 7.98. The molecule has 2 aromatic rings. The number of hydrogen-bond acceptors (Lipinski definition) is 4. The third kappa shape index (κ3) is 3.02. The van der Waals surface area contributed by atoms with Gasteiger partial charge in [0.25, 0.3) is 0 Å². The van der Waals surface area contributed by atoms with Crippen LogP contribution in [0.5, 0.6) is 0 Å². The van der Waals surface area contributed by atoms with Crippen molar-refractivity contribution in [3.63, 3.8) is 0 Å². The number of benzene rings is 1. The van der Waals surface area contributed by atoms with Crippen molar-refractivity contribution in [2.75, 3.05) is 0 Å². The topological polar surface area (TPSA) is 49.6 Å². The number of halogens is 1. The molecule has 5 heteroatoms. The van der Waals surface area contributed by atoms with Crippen molar-refractivity contribution < 1.29 is 4.39 Å². The van der Waals surface area contributed by atoms with Crippen molar-refractivity contribution in [3.05, 3.63) is 53.6 Å². The summed E-state index contributed by atoms with van der Waals surface area (Å²) >= 11 is 1.44. The molecule has 0 aliphatic carbocycles. The molecule has 2 rings (SSSR count). The number of rotatable bonds is 3. The summed E-state index contributed by atoms with van der Waals surface area (Å²) < 4.78 is 13.1. The Labute approximate surface area is 102 Å². The van der Waals surface area contributed by atoms with E-state index in [9.17, 15) is 4.39 Å². The molecule has 0 aliphatic heterocycles. The quantitative estimate of drug-likeness (QED) is 0.616. The molecule has 0 N–H and O–H groups in total. The summed E-state index contributed by atoms with van der Waals surface area (Å²) in [6.45, 7) is 0. The Morgan fingerprint density at radius 3 is 2.76 bits per heavy atom. The molecule has 0 radical (unpaired) electrons. The molecule has 1 aromatic heterocycles. The van der Waals surface area contributed by atoms with Gasteiger partial charge in [0.05, 0.1) is 5.56 Å². The van der Waals surface area contributed by atoms with Crippen molar-refractivity contribution in [1.29, 1.82) is 5.26 Å². The van der Waals surface area contributed by atoms with E-state index < -0.39 is 5.82 Å². The van der Waals surface area contributed by atoms with Crippen LogP contribution < -0.4 is 0 Å². The molecule has 0 saturated heterocycles. The predicted octanol–water partition coefficient (Wildman–Crippen LogP) is 2.78. The van der Waals surface area contributed by atoms with Crippen LogP contribution in [0.25, 0.3) is 0 Å². The Morgan fingerprint density at radius 1 is 1.29 bits per heavy atom. The predicted molar refractivity (Wildman–Crippen MR) is 62.7 cm³/mol. The average molecular weight is 245 g/mol. The summed E-state index contributed by atoms with van der Waals surface area (Å²) in [5, 5.41) is 9.37. The van der Waals surface area contributed by atoms with Crippen LogP contribution in [-0.2, 0) is 5.75 Å². The van der Waals surface area contributed by atoms with E-state index in [1.54, 1.807) is 30.6 Å². The maximum atomic E-state index is 13.1. The molecule has 0 aliphatic rings. The van der Waals surface area contributed by atoms with Gasteiger partial charge in [0.2, 0.25) is 0 Å². The number of aromatic nitrogens is 2. The van der Waals surface area contributed by atoms with Crippen molar-refractivity contribution in [2.24, 2.45) is 0 Å². The Balaban J connectivity index is 2.08. The van der Waals surface area contributed by atoms with Crippen LogP contribution in [-0.4, -0.2) is 9.97 Å². The lowest BCUT2D eigenvalue weighted by molar-refractivity contribution is 0.623. The van der Waals surface area contributed by atoms with E-state index in [-0.39, 0.29) is 5.56 Å². The average Bonchev–Trinajstić information content (AvgIpc) is 2.39. The third-order valence-electron chi connectivity index (χ3n) is 2.06. The van der Waals surface area contributed by atoms with Gasteiger partial charge in [-0.1, -0.05) is 17.8 Å². The van der Waals surface area contributed by atoms with Crippen molar-refractivity contribution >= 4 is 11.8 Å². The lowest BCUT2D eigenvalue weighted by atomic mass is 10.1. The lowest BCUT2D eigenvalue weighted by Crippen LogP contribution is -1.89. The van der Waals surface area contributed by atoms with E-state index in [0.29, 0.717) is 10.9 Å². The molecule has 0 bridgehead atoms. The fourth-order valence-corrected chi connectivity index (χ4v) is 2.00. The van der Waals surface area contributed by atoms with Gasteiger partial charge in [-0.05, 0) is 23.8 Å². The van der Waals surface area contributed by atoms with E-state index in [1.165, 1.54) is 17.8 Å². The second kappa shape index (κ2) is 5.41. The Bertz CT molecular complexity index is 551. The standard InChI is InChI=1S/C12H8FN3S/c13-11-3-2-9(6-10(11)7-14)8-17-12-15-4-1-5-16-12/h1-6H,8H2. The van der Waals surface area contributed by atoms with Gasteiger partial charge in [0.1, 0.15) is 11.9 Å². The molecule has 1 heterocycles. The number of nitriles is 1. The van der Waals surface area contributed by atoms with Crippen molar-refractivity contribution in [2.45, 2.75) is 10.9 Å². The zero-order chi connectivity index (χ0) is 12.1. The van der Waals surface area contributed by atoms with Gasteiger partial charge in [-0.2, -0.15) is 5.26 Å². The summed E-state index contributed by atoms with van der Waals surface area (Å²) in [6, 6.07) is 8.08. The van der Waals surface area contributed by atoms with Crippen LogP contribution in [0.4, 0.5) is 4.39 Å². The minimum atomic E-state index is -0.489. The Kier molecular flexibility index (Phi) is 3.68. The molecule has 0 saturated carbocycles. The highest BCUT2D eigenvalue weighted by Crippen LogP contribution is 2.19. The second-order valence-corrected chi connectivity index (χ2v) is 4.19. The van der Waals surface area contributed by atoms with Crippen LogP contribution in [0.15, 0.2) is 41.8 Å². The zero-order valence-corrected chi connectivity index (χ0v) is 9.62. The van der Waals surface area contributed by atoms with Gasteiger partial charge >= 0.3 is 0 Å². The fourth-order valence-electron chi connectivity index (χ4n) is 1.26. The molecule has 84 valence electrons. The van der Waals surface area contributed by atoms with Gasteiger partial charge in [-0.15, -0.1) is 0 Å². The maximum Gasteiger partial charge on any atom is 0.187 e. The molecule has 0 spiro atoms. The normalized spacial score (nSPS) is 9.88. The number of nitrogens with zero attached hydrogens (tertiary/aromatic N) is 3. The first-order valence-electron chi connectivity index (χ1n) is 4.88. The monoisotopic (exact) mass is 245 g/mol. The smallest absolute Gasteiger partial charge is 0.187 e. The van der Waals surface area contributed by atoms with E-state index in [0.717, 1.165) is 5.56 Å². The molecular weight excluding hydrogens is 237 g/mol. The molecule has 0 atom stereocenters. The highest BCUT2D eigenvalue weighted by Gasteiger charge is 2.04. The maximum absolute atomic E-state index is 13.1. The molecule has 0 amide bonds. The first-order valence-corrected chi connectivity index (χ1v) is 5.86. The van der Waals surface area contributed by atoms with Gasteiger partial charge < -0.3 is 0 Å². The molecular formula is C12H8FN3S. The van der Waals surface area contributed by atoms with Gasteiger partial charge in [-0.25, -0.2) is 14.4 Å². The first kappa shape index (κ1) is 11.6. The van der Waals surface area contributed by atoms with Gasteiger partial charge in [-0.3, -0.25) is 0 Å². The third-order valence-corrected chi connectivity index (χ3v) is 3.01. The fraction of sp³-hybridized carbons (Fsp3) is 0.0833. The minimum Gasteiger partial charge on any atom is -0.231 e. The molecule has 0 unspecified atom stereocenters. The van der Waals surface area contributed by atoms with Crippen LogP contribution in [0, 0.1) is 17.1 Å². The summed E-state index contributed by atoms with van der Waals surface area (Å²) in [7, 11) is 0. The molecule has 1 aromatic carbocycles. The van der Waals surface area contributed by atoms with E-state index in [4.69, 9.17) is 5.26 Å². The number of thioether (sulfide) groups is 1. The van der Waals surface area contributed by atoms with Crippen LogP contribution in [0.2, 0.25) is 0 Å². The lowest BCUT2D eigenvalue weighted by Gasteiger charge is -2.01. The van der Waals surface area contributed by atoms with Crippen LogP contribution >= 0.6 is 11.8 Å². The first-order chi connectivity index (χ1) is 8.29. The number of hydrogen-bond donors (Lipinski definition) is 0. The molecule has 0 fully saturated rings. The Morgan fingerprint density at radius 2 is 2.06 bits per heavy atom. The largest absolute Gasteiger partial charge is 0.231 e. The van der Waals surface area contributed by atoms with Crippen LogP contribution in [0.1, 0.15) is 11.1 Å². The highest BCUT2D eigenvalue weighted by atomic mass is 32.2. The molecule has 3 nitrogen and oxygen atoms in total. The molecule has 17 heavy (non-hydrogen) atoms. The summed E-state index contributed by atoms with van der Waals surface area (Å²) in [4.78, 5) is 8.13. The second-order valence-electron chi connectivity index (χ2n) is 3.25. The van der Waals surface area contributed by atoms with Crippen molar-refractivity contribution in [1.82, 2.24) is 9.97 Å².